The lowest BCUT2D eigenvalue weighted by atomic mass is 9.40. The van der Waals surface area contributed by atoms with Crippen LogP contribution in [0.1, 0.15) is 91.5 Å². The van der Waals surface area contributed by atoms with Crippen molar-refractivity contribution in [3.63, 3.8) is 0 Å². The molecular formula is C41H48B2. The molecule has 5 rings (SSSR count). The molecule has 1 unspecified atom stereocenters. The van der Waals surface area contributed by atoms with Crippen LogP contribution in [0, 0.1) is 41.5 Å². The van der Waals surface area contributed by atoms with Gasteiger partial charge in [0.25, 0.3) is 0 Å². The normalized spacial score (nSPS) is 13.3. The molecule has 0 nitrogen and oxygen atoms in total. The summed E-state index contributed by atoms with van der Waals surface area (Å²) in [6.07, 6.45) is 3.16. The summed E-state index contributed by atoms with van der Waals surface area (Å²) in [5.41, 5.74) is 13.9. The molecule has 0 saturated carbocycles. The van der Waals surface area contributed by atoms with Gasteiger partial charge in [0, 0.05) is 0 Å². The van der Waals surface area contributed by atoms with Crippen LogP contribution < -0.4 is 10.9 Å². The van der Waals surface area contributed by atoms with Gasteiger partial charge in [0.05, 0.1) is 0 Å². The lowest BCUT2D eigenvalue weighted by Crippen LogP contribution is -2.43. The maximum absolute atomic E-state index is 2.64. The summed E-state index contributed by atoms with van der Waals surface area (Å²) >= 11 is 0. The van der Waals surface area contributed by atoms with Crippen molar-refractivity contribution < 1.29 is 0 Å². The van der Waals surface area contributed by atoms with Gasteiger partial charge in [0.2, 0.25) is 0 Å². The van der Waals surface area contributed by atoms with Crippen LogP contribution in [0.15, 0.2) is 72.8 Å². The van der Waals surface area contributed by atoms with Crippen molar-refractivity contribution in [2.45, 2.75) is 99.1 Å². The van der Waals surface area contributed by atoms with Crippen molar-refractivity contribution in [3.05, 3.63) is 117 Å². The van der Waals surface area contributed by atoms with Crippen molar-refractivity contribution >= 4 is 47.0 Å². The van der Waals surface area contributed by atoms with E-state index in [0.717, 1.165) is 19.3 Å². The molecule has 0 amide bonds. The van der Waals surface area contributed by atoms with Gasteiger partial charge >= 0.3 is 0 Å². The Hall–Kier alpha value is -3.25. The standard InChI is InChI=1S/C41H48B2/c1-11-40(10,36-28(6)22-26(4)23-29(36)7)42-38-32-18-14-16-20-34(32)39(35-21-17-15-19-33(35)38)43-41(12-2,13-3)37-30(8)24-27(5)25-31(37)9/h14-25H,11-13H2,1-10H3. The summed E-state index contributed by atoms with van der Waals surface area (Å²) in [4.78, 5) is 0. The van der Waals surface area contributed by atoms with Crippen molar-refractivity contribution in [1.82, 2.24) is 0 Å². The average Bonchev–Trinajstić information content (AvgIpc) is 2.97. The minimum atomic E-state index is -0.0919. The van der Waals surface area contributed by atoms with Crippen molar-refractivity contribution in [2.75, 3.05) is 0 Å². The maximum Gasteiger partial charge on any atom is 0.166 e. The summed E-state index contributed by atoms with van der Waals surface area (Å²) in [5, 5.41) is 5.23. The Bertz CT molecular complexity index is 1700. The van der Waals surface area contributed by atoms with E-state index in [1.165, 1.54) is 77.0 Å². The van der Waals surface area contributed by atoms with Crippen molar-refractivity contribution in [2.24, 2.45) is 0 Å². The van der Waals surface area contributed by atoms with Gasteiger partial charge in [-0.25, -0.2) is 0 Å². The SMILES string of the molecule is CCC(C)([B]c1c2ccccc2c([B]C(CC)(CC)c2c(C)cc(C)cc2C)c2ccccc12)c1c(C)cc(C)cc1C. The third-order valence-electron chi connectivity index (χ3n) is 10.3. The lowest BCUT2D eigenvalue weighted by molar-refractivity contribution is 0.553. The number of aryl methyl sites for hydroxylation is 6. The van der Waals surface area contributed by atoms with E-state index in [0.29, 0.717) is 0 Å². The Balaban J connectivity index is 1.77. The van der Waals surface area contributed by atoms with E-state index in [1.807, 2.05) is 0 Å². The summed E-state index contributed by atoms with van der Waals surface area (Å²) in [6.45, 7) is 23.1. The molecule has 0 aromatic heterocycles. The van der Waals surface area contributed by atoms with Crippen LogP contribution in [-0.4, -0.2) is 14.6 Å². The highest BCUT2D eigenvalue weighted by Crippen LogP contribution is 2.38. The highest BCUT2D eigenvalue weighted by atomic mass is 14.3. The number of fused-ring (bicyclic) bond motifs is 2. The quantitative estimate of drug-likeness (QED) is 0.124. The first kappa shape index (κ1) is 31.2. The van der Waals surface area contributed by atoms with Gasteiger partial charge in [-0.15, -0.1) is 0 Å². The van der Waals surface area contributed by atoms with E-state index in [9.17, 15) is 0 Å². The molecule has 43 heavy (non-hydrogen) atoms. The highest BCUT2D eigenvalue weighted by molar-refractivity contribution is 6.69. The molecule has 0 fully saturated rings. The van der Waals surface area contributed by atoms with E-state index in [2.05, 4.69) is 157 Å². The van der Waals surface area contributed by atoms with Crippen LogP contribution in [0.2, 0.25) is 0 Å². The molecule has 218 valence electrons. The second-order valence-electron chi connectivity index (χ2n) is 13.4. The molecule has 0 N–H and O–H groups in total. The van der Waals surface area contributed by atoms with Gasteiger partial charge in [-0.1, -0.05) is 142 Å². The second kappa shape index (κ2) is 12.0. The predicted molar refractivity (Wildman–Crippen MR) is 193 cm³/mol. The van der Waals surface area contributed by atoms with E-state index < -0.39 is 0 Å². The highest BCUT2D eigenvalue weighted by Gasteiger charge is 2.36. The molecule has 0 aliphatic rings. The zero-order chi connectivity index (χ0) is 31.1. The molecule has 5 aromatic carbocycles. The number of rotatable bonds is 9. The molecule has 0 bridgehead atoms. The van der Waals surface area contributed by atoms with Gasteiger partial charge in [-0.2, -0.15) is 0 Å². The average molecular weight is 562 g/mol. The van der Waals surface area contributed by atoms with Crippen molar-refractivity contribution in [1.29, 1.82) is 0 Å². The number of hydrogen-bond donors (Lipinski definition) is 0. The van der Waals surface area contributed by atoms with Crippen molar-refractivity contribution in [3.8, 4) is 0 Å². The zero-order valence-electron chi connectivity index (χ0n) is 28.2. The fourth-order valence-electron chi connectivity index (χ4n) is 8.38. The largest absolute Gasteiger partial charge is 0.166 e. The zero-order valence-corrected chi connectivity index (χ0v) is 28.2. The van der Waals surface area contributed by atoms with E-state index in [-0.39, 0.29) is 10.6 Å². The topological polar surface area (TPSA) is 0 Å². The van der Waals surface area contributed by atoms with Gasteiger partial charge in [0.1, 0.15) is 0 Å². The molecule has 0 saturated heterocycles. The first-order valence-electron chi connectivity index (χ1n) is 16.3. The minimum absolute atomic E-state index is 0.0489. The first-order valence-corrected chi connectivity index (χ1v) is 16.3. The summed E-state index contributed by atoms with van der Waals surface area (Å²) in [7, 11) is 5.23. The fourth-order valence-corrected chi connectivity index (χ4v) is 8.38. The maximum atomic E-state index is 2.64. The van der Waals surface area contributed by atoms with E-state index in [4.69, 9.17) is 0 Å². The lowest BCUT2D eigenvalue weighted by Gasteiger charge is -2.37. The van der Waals surface area contributed by atoms with E-state index in [1.54, 1.807) is 0 Å². The summed E-state index contributed by atoms with van der Waals surface area (Å²) in [5.74, 6) is 0. The monoisotopic (exact) mass is 562 g/mol. The molecule has 1 atom stereocenters. The second-order valence-corrected chi connectivity index (χ2v) is 13.4. The predicted octanol–water partition coefficient (Wildman–Crippen LogP) is 9.54. The Morgan fingerprint density at radius 1 is 0.488 bits per heavy atom. The Kier molecular flexibility index (Phi) is 8.72. The van der Waals surface area contributed by atoms with Crippen LogP contribution in [0.4, 0.5) is 0 Å². The molecule has 2 radical (unpaired) electrons. The Morgan fingerprint density at radius 2 is 0.837 bits per heavy atom. The van der Waals surface area contributed by atoms with Crippen LogP contribution in [0.25, 0.3) is 21.5 Å². The Morgan fingerprint density at radius 3 is 1.19 bits per heavy atom. The van der Waals surface area contributed by atoms with Gasteiger partial charge in [-0.3, -0.25) is 0 Å². The van der Waals surface area contributed by atoms with Crippen LogP contribution in [0.3, 0.4) is 0 Å². The molecule has 5 aromatic rings. The number of benzene rings is 5. The molecule has 2 heteroatoms. The van der Waals surface area contributed by atoms with Crippen LogP contribution in [-0.2, 0) is 10.6 Å². The van der Waals surface area contributed by atoms with Gasteiger partial charge in [0.15, 0.2) is 14.6 Å². The third kappa shape index (κ3) is 5.48. The van der Waals surface area contributed by atoms with Crippen LogP contribution >= 0.6 is 0 Å². The fraction of sp³-hybridized carbons (Fsp3) is 0.366. The molecule has 0 aliphatic heterocycles. The van der Waals surface area contributed by atoms with E-state index >= 15 is 0 Å². The summed E-state index contributed by atoms with van der Waals surface area (Å²) in [6, 6.07) is 27.7. The molecule has 0 aliphatic carbocycles. The third-order valence-corrected chi connectivity index (χ3v) is 10.3. The number of hydrogen-bond acceptors (Lipinski definition) is 0. The van der Waals surface area contributed by atoms with Gasteiger partial charge < -0.3 is 0 Å². The molecular weight excluding hydrogens is 514 g/mol. The first-order chi connectivity index (χ1) is 20.5. The molecule has 0 spiro atoms. The summed E-state index contributed by atoms with van der Waals surface area (Å²) < 4.78 is 0. The van der Waals surface area contributed by atoms with Gasteiger partial charge in [-0.05, 0) is 107 Å². The smallest absolute Gasteiger partial charge is 0.0714 e. The Labute approximate surface area is 262 Å². The minimum Gasteiger partial charge on any atom is -0.0714 e. The van der Waals surface area contributed by atoms with Crippen LogP contribution in [0.5, 0.6) is 0 Å². The molecule has 0 heterocycles.